The number of benzene rings is 2. The van der Waals surface area contributed by atoms with Crippen LogP contribution in [0.25, 0.3) is 0 Å². The molecule has 0 atom stereocenters. The molecule has 1 aliphatic carbocycles. The lowest BCUT2D eigenvalue weighted by Gasteiger charge is -2.28. The Bertz CT molecular complexity index is 643. The maximum absolute atomic E-state index is 13.8. The molecule has 0 saturated carbocycles. The van der Waals surface area contributed by atoms with E-state index in [4.69, 9.17) is 0 Å². The molecule has 0 saturated heterocycles. The summed E-state index contributed by atoms with van der Waals surface area (Å²) in [6, 6.07) is 15.0. The van der Waals surface area contributed by atoms with Crippen molar-refractivity contribution in [1.29, 1.82) is 0 Å². The highest BCUT2D eigenvalue weighted by atomic mass is 19.1. The van der Waals surface area contributed by atoms with Gasteiger partial charge in [-0.2, -0.15) is 0 Å². The van der Waals surface area contributed by atoms with Gasteiger partial charge in [0, 0.05) is 25.1 Å². The minimum Gasteiger partial charge on any atom is -0.335 e. The van der Waals surface area contributed by atoms with E-state index in [9.17, 15) is 9.18 Å². The maximum Gasteiger partial charge on any atom is 0.220 e. The second-order valence-corrected chi connectivity index (χ2v) is 5.57. The molecule has 0 aromatic heterocycles. The zero-order chi connectivity index (χ0) is 14.8. The van der Waals surface area contributed by atoms with Crippen molar-refractivity contribution < 1.29 is 9.18 Å². The maximum atomic E-state index is 13.8. The average molecular weight is 283 g/mol. The van der Waals surface area contributed by atoms with Gasteiger partial charge in [0.15, 0.2) is 0 Å². The van der Waals surface area contributed by atoms with Gasteiger partial charge in [-0.05, 0) is 30.0 Å². The first kappa shape index (κ1) is 13.8. The smallest absolute Gasteiger partial charge is 0.220 e. The zero-order valence-electron chi connectivity index (χ0n) is 12.1. The molecular formula is C18H18FNO. The summed E-state index contributed by atoms with van der Waals surface area (Å²) in [6.07, 6.45) is 1.70. The molecule has 0 unspecified atom stereocenters. The molecular weight excluding hydrogens is 265 g/mol. The molecule has 2 aromatic carbocycles. The molecule has 108 valence electrons. The highest BCUT2D eigenvalue weighted by Crippen LogP contribution is 2.27. The standard InChI is InChI=1S/C18H18FNO/c1-13(21)20(12-16-8-4-5-9-18(16)19)17-10-14-6-2-3-7-15(14)11-17/h2-9,17H,10-12H2,1H3. The Hall–Kier alpha value is -2.16. The van der Waals surface area contributed by atoms with Crippen molar-refractivity contribution in [1.82, 2.24) is 4.90 Å². The molecule has 3 rings (SSSR count). The summed E-state index contributed by atoms with van der Waals surface area (Å²) < 4.78 is 13.8. The van der Waals surface area contributed by atoms with Gasteiger partial charge in [-0.25, -0.2) is 4.39 Å². The Morgan fingerprint density at radius 2 is 1.67 bits per heavy atom. The van der Waals surface area contributed by atoms with Crippen molar-refractivity contribution in [2.24, 2.45) is 0 Å². The number of fused-ring (bicyclic) bond motifs is 1. The third-order valence-electron chi connectivity index (χ3n) is 4.17. The summed E-state index contributed by atoms with van der Waals surface area (Å²) in [5.41, 5.74) is 3.16. The van der Waals surface area contributed by atoms with E-state index in [1.807, 2.05) is 12.1 Å². The van der Waals surface area contributed by atoms with E-state index in [-0.39, 0.29) is 17.8 Å². The van der Waals surface area contributed by atoms with E-state index in [1.54, 1.807) is 30.0 Å². The Morgan fingerprint density at radius 1 is 1.10 bits per heavy atom. The average Bonchev–Trinajstić information content (AvgIpc) is 2.89. The third-order valence-corrected chi connectivity index (χ3v) is 4.17. The number of rotatable bonds is 3. The quantitative estimate of drug-likeness (QED) is 0.846. The molecule has 0 radical (unpaired) electrons. The van der Waals surface area contributed by atoms with Crippen LogP contribution >= 0.6 is 0 Å². The topological polar surface area (TPSA) is 20.3 Å². The van der Waals surface area contributed by atoms with Crippen LogP contribution in [0.15, 0.2) is 48.5 Å². The molecule has 0 fully saturated rings. The fraction of sp³-hybridized carbons (Fsp3) is 0.278. The number of amides is 1. The third kappa shape index (κ3) is 2.82. The van der Waals surface area contributed by atoms with E-state index < -0.39 is 0 Å². The first-order valence-corrected chi connectivity index (χ1v) is 7.22. The number of carbonyl (C=O) groups is 1. The van der Waals surface area contributed by atoms with Gasteiger partial charge in [0.05, 0.1) is 0 Å². The van der Waals surface area contributed by atoms with Crippen molar-refractivity contribution in [3.8, 4) is 0 Å². The molecule has 1 aliphatic rings. The fourth-order valence-electron chi connectivity index (χ4n) is 3.06. The van der Waals surface area contributed by atoms with Crippen LogP contribution in [0.2, 0.25) is 0 Å². The van der Waals surface area contributed by atoms with Crippen molar-refractivity contribution in [2.75, 3.05) is 0 Å². The van der Waals surface area contributed by atoms with Crippen LogP contribution in [0.1, 0.15) is 23.6 Å². The highest BCUT2D eigenvalue weighted by Gasteiger charge is 2.28. The van der Waals surface area contributed by atoms with Crippen molar-refractivity contribution >= 4 is 5.91 Å². The normalized spacial score (nSPS) is 14.0. The van der Waals surface area contributed by atoms with Crippen molar-refractivity contribution in [3.05, 3.63) is 71.0 Å². The Balaban J connectivity index is 1.81. The molecule has 0 heterocycles. The summed E-state index contributed by atoms with van der Waals surface area (Å²) in [4.78, 5) is 13.8. The van der Waals surface area contributed by atoms with E-state index in [0.717, 1.165) is 12.8 Å². The minimum absolute atomic E-state index is 0.00365. The number of halogens is 1. The molecule has 3 heteroatoms. The Morgan fingerprint density at radius 3 is 2.24 bits per heavy atom. The SMILES string of the molecule is CC(=O)N(Cc1ccccc1F)C1Cc2ccccc2C1. The summed E-state index contributed by atoms with van der Waals surface area (Å²) in [6.45, 7) is 1.89. The number of hydrogen-bond acceptors (Lipinski definition) is 1. The van der Waals surface area contributed by atoms with E-state index in [0.29, 0.717) is 12.1 Å². The second-order valence-electron chi connectivity index (χ2n) is 5.57. The Kier molecular flexibility index (Phi) is 3.74. The van der Waals surface area contributed by atoms with Gasteiger partial charge in [0.2, 0.25) is 5.91 Å². The molecule has 0 bridgehead atoms. The van der Waals surface area contributed by atoms with Gasteiger partial charge >= 0.3 is 0 Å². The number of carbonyl (C=O) groups excluding carboxylic acids is 1. The van der Waals surface area contributed by atoms with Crippen molar-refractivity contribution in [3.63, 3.8) is 0 Å². The molecule has 2 nitrogen and oxygen atoms in total. The second kappa shape index (κ2) is 5.68. The van der Waals surface area contributed by atoms with Crippen molar-refractivity contribution in [2.45, 2.75) is 32.4 Å². The zero-order valence-corrected chi connectivity index (χ0v) is 12.1. The lowest BCUT2D eigenvalue weighted by atomic mass is 10.1. The van der Waals surface area contributed by atoms with Crippen LogP contribution < -0.4 is 0 Å². The van der Waals surface area contributed by atoms with E-state index in [1.165, 1.54) is 17.2 Å². The highest BCUT2D eigenvalue weighted by molar-refractivity contribution is 5.74. The molecule has 0 spiro atoms. The van der Waals surface area contributed by atoms with E-state index >= 15 is 0 Å². The Labute approximate surface area is 124 Å². The van der Waals surface area contributed by atoms with E-state index in [2.05, 4.69) is 12.1 Å². The number of hydrogen-bond donors (Lipinski definition) is 0. The molecule has 2 aromatic rings. The predicted octanol–water partition coefficient (Wildman–Crippen LogP) is 3.34. The predicted molar refractivity (Wildman–Crippen MR) is 80.3 cm³/mol. The van der Waals surface area contributed by atoms with Crippen LogP contribution in [0.4, 0.5) is 4.39 Å². The van der Waals surface area contributed by atoms with Crippen LogP contribution in [0.3, 0.4) is 0 Å². The molecule has 1 amide bonds. The minimum atomic E-state index is -0.251. The van der Waals surface area contributed by atoms with Crippen LogP contribution in [-0.2, 0) is 24.2 Å². The van der Waals surface area contributed by atoms with Gasteiger partial charge in [0.1, 0.15) is 5.82 Å². The van der Waals surface area contributed by atoms with Gasteiger partial charge in [0.25, 0.3) is 0 Å². The van der Waals surface area contributed by atoms with Gasteiger partial charge in [-0.1, -0.05) is 42.5 Å². The van der Waals surface area contributed by atoms with Gasteiger partial charge < -0.3 is 4.90 Å². The molecule has 0 N–H and O–H groups in total. The monoisotopic (exact) mass is 283 g/mol. The summed E-state index contributed by atoms with van der Waals surface area (Å²) in [5.74, 6) is -0.254. The molecule has 21 heavy (non-hydrogen) atoms. The lowest BCUT2D eigenvalue weighted by Crippen LogP contribution is -2.39. The van der Waals surface area contributed by atoms with Crippen LogP contribution in [-0.4, -0.2) is 16.8 Å². The molecule has 0 aliphatic heterocycles. The van der Waals surface area contributed by atoms with Crippen LogP contribution in [0, 0.1) is 5.82 Å². The summed E-state index contributed by atoms with van der Waals surface area (Å²) in [5, 5.41) is 0. The van der Waals surface area contributed by atoms with Gasteiger partial charge in [-0.15, -0.1) is 0 Å². The largest absolute Gasteiger partial charge is 0.335 e. The van der Waals surface area contributed by atoms with Gasteiger partial charge in [-0.3, -0.25) is 4.79 Å². The first-order chi connectivity index (χ1) is 10.1. The van der Waals surface area contributed by atoms with Crippen LogP contribution in [0.5, 0.6) is 0 Å². The lowest BCUT2D eigenvalue weighted by molar-refractivity contribution is -0.131. The summed E-state index contributed by atoms with van der Waals surface area (Å²) in [7, 11) is 0. The fourth-order valence-corrected chi connectivity index (χ4v) is 3.06. The number of nitrogens with zero attached hydrogens (tertiary/aromatic N) is 1. The first-order valence-electron chi connectivity index (χ1n) is 7.22. The summed E-state index contributed by atoms with van der Waals surface area (Å²) >= 11 is 0.